The van der Waals surface area contributed by atoms with E-state index in [4.69, 9.17) is 19.4 Å². The van der Waals surface area contributed by atoms with E-state index < -0.39 is 0 Å². The summed E-state index contributed by atoms with van der Waals surface area (Å²) in [6.45, 7) is 14.5. The van der Waals surface area contributed by atoms with Crippen LogP contribution in [0.2, 0.25) is 0 Å². The van der Waals surface area contributed by atoms with E-state index in [0.717, 1.165) is 60.1 Å². The van der Waals surface area contributed by atoms with Gasteiger partial charge in [0.1, 0.15) is 21.3 Å². The molecule has 1 N–H and O–H groups in total. The first-order valence-electron chi connectivity index (χ1n) is 9.90. The average molecular weight is 407 g/mol. The van der Waals surface area contributed by atoms with Crippen LogP contribution in [0.15, 0.2) is 0 Å². The Hall–Kier alpha value is -1.77. The van der Waals surface area contributed by atoms with Crippen LogP contribution in [-0.2, 0) is 16.0 Å². The normalized spacial score (nSPS) is 15.8. The molecule has 154 valence electrons. The first-order chi connectivity index (χ1) is 13.3. The van der Waals surface area contributed by atoms with Crippen LogP contribution in [0, 0.1) is 6.92 Å². The highest BCUT2D eigenvalue weighted by atomic mass is 32.1. The maximum atomic E-state index is 12.4. The molecule has 0 atom stereocenters. The predicted octanol–water partition coefficient (Wildman–Crippen LogP) is 3.61. The Balaban J connectivity index is 2.04. The summed E-state index contributed by atoms with van der Waals surface area (Å²) in [5, 5.41) is 4.49. The summed E-state index contributed by atoms with van der Waals surface area (Å²) < 4.78 is 10.7. The number of morpholine rings is 1. The lowest BCUT2D eigenvalue weighted by Crippen LogP contribution is -2.36. The van der Waals surface area contributed by atoms with Gasteiger partial charge in [-0.25, -0.2) is 14.8 Å². The Kier molecular flexibility index (Phi) is 6.52. The van der Waals surface area contributed by atoms with Gasteiger partial charge in [0.05, 0.1) is 31.8 Å². The van der Waals surface area contributed by atoms with E-state index in [1.165, 1.54) is 11.3 Å². The smallest absolute Gasteiger partial charge is 0.348 e. The van der Waals surface area contributed by atoms with E-state index in [1.807, 2.05) is 13.8 Å². The molecule has 1 fully saturated rings. The van der Waals surface area contributed by atoms with Gasteiger partial charge in [0, 0.05) is 18.6 Å². The number of ether oxygens (including phenoxy) is 2. The topological polar surface area (TPSA) is 76.6 Å². The van der Waals surface area contributed by atoms with Crippen molar-refractivity contribution in [3.05, 3.63) is 16.3 Å². The monoisotopic (exact) mass is 406 g/mol. The standard InChI is InChI=1S/C20H30N4O3S/c1-6-20(4,5)23-17-15-13(3)16(19(25)27-7-2)28-18(15)22-14(21-17)12-24-8-10-26-11-9-24/h6-12H2,1-5H3,(H,21,22,23). The molecule has 0 aromatic carbocycles. The molecule has 1 aliphatic rings. The van der Waals surface area contributed by atoms with Gasteiger partial charge >= 0.3 is 5.97 Å². The summed E-state index contributed by atoms with van der Waals surface area (Å²) in [6, 6.07) is 0. The molecule has 1 saturated heterocycles. The summed E-state index contributed by atoms with van der Waals surface area (Å²) >= 11 is 1.39. The van der Waals surface area contributed by atoms with Crippen molar-refractivity contribution in [1.29, 1.82) is 0 Å². The predicted molar refractivity (Wildman–Crippen MR) is 112 cm³/mol. The number of carbonyl (C=O) groups is 1. The van der Waals surface area contributed by atoms with Gasteiger partial charge in [0.15, 0.2) is 0 Å². The van der Waals surface area contributed by atoms with Crippen molar-refractivity contribution in [3.8, 4) is 0 Å². The zero-order valence-electron chi connectivity index (χ0n) is 17.4. The number of aryl methyl sites for hydroxylation is 1. The summed E-state index contributed by atoms with van der Waals surface area (Å²) in [6.07, 6.45) is 0.950. The largest absolute Gasteiger partial charge is 0.462 e. The molecule has 3 heterocycles. The highest BCUT2D eigenvalue weighted by Gasteiger charge is 2.25. The minimum atomic E-state index is -0.293. The van der Waals surface area contributed by atoms with Crippen molar-refractivity contribution >= 4 is 33.3 Å². The number of rotatable bonds is 7. The van der Waals surface area contributed by atoms with E-state index in [1.54, 1.807) is 0 Å². The van der Waals surface area contributed by atoms with E-state index >= 15 is 0 Å². The second kappa shape index (κ2) is 8.71. The molecule has 28 heavy (non-hydrogen) atoms. The highest BCUT2D eigenvalue weighted by Crippen LogP contribution is 2.35. The van der Waals surface area contributed by atoms with Gasteiger partial charge in [0.2, 0.25) is 0 Å². The number of esters is 1. The van der Waals surface area contributed by atoms with Crippen molar-refractivity contribution < 1.29 is 14.3 Å². The third-order valence-corrected chi connectivity index (χ3v) is 6.27. The molecule has 2 aromatic heterocycles. The molecule has 7 nitrogen and oxygen atoms in total. The number of nitrogens with zero attached hydrogens (tertiary/aromatic N) is 3. The number of hydrogen-bond donors (Lipinski definition) is 1. The van der Waals surface area contributed by atoms with Crippen LogP contribution in [0.25, 0.3) is 10.2 Å². The summed E-state index contributed by atoms with van der Waals surface area (Å²) in [5.74, 6) is 1.27. The maximum absolute atomic E-state index is 12.4. The molecular formula is C20H30N4O3S. The van der Waals surface area contributed by atoms with E-state index in [9.17, 15) is 4.79 Å². The number of fused-ring (bicyclic) bond motifs is 1. The second-order valence-corrected chi connectivity index (χ2v) is 8.70. The van der Waals surface area contributed by atoms with Crippen LogP contribution in [0.3, 0.4) is 0 Å². The fraction of sp³-hybridized carbons (Fsp3) is 0.650. The SMILES string of the molecule is CCOC(=O)c1sc2nc(CN3CCOCC3)nc(NC(C)(C)CC)c2c1C. The summed E-state index contributed by atoms with van der Waals surface area (Å²) in [4.78, 5) is 25.8. The number of anilines is 1. The third kappa shape index (κ3) is 4.61. The quantitative estimate of drug-likeness (QED) is 0.704. The van der Waals surface area contributed by atoms with Crippen LogP contribution in [0.1, 0.15) is 55.2 Å². The van der Waals surface area contributed by atoms with Gasteiger partial charge in [-0.2, -0.15) is 0 Å². The lowest BCUT2D eigenvalue weighted by atomic mass is 10.0. The molecule has 3 rings (SSSR count). The fourth-order valence-corrected chi connectivity index (χ4v) is 4.20. The van der Waals surface area contributed by atoms with Crippen LogP contribution in [0.4, 0.5) is 5.82 Å². The number of aromatic nitrogens is 2. The molecule has 0 unspecified atom stereocenters. The Morgan fingerprint density at radius 3 is 2.64 bits per heavy atom. The van der Waals surface area contributed by atoms with Gasteiger partial charge < -0.3 is 14.8 Å². The Morgan fingerprint density at radius 2 is 2.00 bits per heavy atom. The van der Waals surface area contributed by atoms with Crippen molar-refractivity contribution in [2.24, 2.45) is 0 Å². The van der Waals surface area contributed by atoms with Gasteiger partial charge in [-0.15, -0.1) is 11.3 Å². The lowest BCUT2D eigenvalue weighted by molar-refractivity contribution is 0.0331. The molecule has 0 bridgehead atoms. The van der Waals surface area contributed by atoms with Crippen LogP contribution in [0.5, 0.6) is 0 Å². The maximum Gasteiger partial charge on any atom is 0.348 e. The molecular weight excluding hydrogens is 376 g/mol. The lowest BCUT2D eigenvalue weighted by Gasteiger charge is -2.27. The number of carbonyl (C=O) groups excluding carboxylic acids is 1. The van der Waals surface area contributed by atoms with Gasteiger partial charge in [-0.1, -0.05) is 6.92 Å². The molecule has 8 heteroatoms. The summed E-state index contributed by atoms with van der Waals surface area (Å²) in [5.41, 5.74) is 0.765. The van der Waals surface area contributed by atoms with Crippen molar-refractivity contribution in [1.82, 2.24) is 14.9 Å². The first kappa shape index (κ1) is 21.0. The summed E-state index contributed by atoms with van der Waals surface area (Å²) in [7, 11) is 0. The van der Waals surface area contributed by atoms with E-state index in [-0.39, 0.29) is 11.5 Å². The van der Waals surface area contributed by atoms with Crippen molar-refractivity contribution in [3.63, 3.8) is 0 Å². The minimum absolute atomic E-state index is 0.115. The second-order valence-electron chi connectivity index (χ2n) is 7.70. The zero-order chi connectivity index (χ0) is 20.3. The van der Waals surface area contributed by atoms with Gasteiger partial charge in [0.25, 0.3) is 0 Å². The Labute approximate surface area is 170 Å². The van der Waals surface area contributed by atoms with E-state index in [2.05, 4.69) is 31.0 Å². The number of thiophene rings is 1. The number of hydrogen-bond acceptors (Lipinski definition) is 8. The molecule has 2 aromatic rings. The third-order valence-electron chi connectivity index (χ3n) is 5.11. The van der Waals surface area contributed by atoms with Crippen LogP contribution in [-0.4, -0.2) is 59.3 Å². The zero-order valence-corrected chi connectivity index (χ0v) is 18.2. The van der Waals surface area contributed by atoms with Crippen LogP contribution >= 0.6 is 11.3 Å². The average Bonchev–Trinajstić information content (AvgIpc) is 2.99. The molecule has 0 aliphatic carbocycles. The molecule has 0 radical (unpaired) electrons. The molecule has 1 aliphatic heterocycles. The van der Waals surface area contributed by atoms with Gasteiger partial charge in [-0.3, -0.25) is 4.90 Å². The van der Waals surface area contributed by atoms with E-state index in [0.29, 0.717) is 18.0 Å². The fourth-order valence-electron chi connectivity index (χ4n) is 3.10. The highest BCUT2D eigenvalue weighted by molar-refractivity contribution is 7.20. The Morgan fingerprint density at radius 1 is 1.29 bits per heavy atom. The minimum Gasteiger partial charge on any atom is -0.462 e. The van der Waals surface area contributed by atoms with Crippen LogP contribution < -0.4 is 5.32 Å². The molecule has 0 saturated carbocycles. The van der Waals surface area contributed by atoms with Crippen molar-refractivity contribution in [2.75, 3.05) is 38.2 Å². The van der Waals surface area contributed by atoms with Crippen molar-refractivity contribution in [2.45, 2.75) is 53.1 Å². The molecule has 0 spiro atoms. The van der Waals surface area contributed by atoms with Gasteiger partial charge in [-0.05, 0) is 39.7 Å². The first-order valence-corrected chi connectivity index (χ1v) is 10.7. The molecule has 0 amide bonds. The Bertz CT molecular complexity index is 844. The number of nitrogens with one attached hydrogen (secondary N) is 1.